The fourth-order valence-corrected chi connectivity index (χ4v) is 1.54. The number of aryl methyl sites for hydroxylation is 2. The lowest BCUT2D eigenvalue weighted by Gasteiger charge is -2.01. The molecule has 0 N–H and O–H groups in total. The van der Waals surface area contributed by atoms with Gasteiger partial charge < -0.3 is 0 Å². The number of rotatable bonds is 1. The quantitative estimate of drug-likeness (QED) is 0.695. The summed E-state index contributed by atoms with van der Waals surface area (Å²) in [6, 6.07) is 8.20. The first kappa shape index (κ1) is 16.3. The van der Waals surface area contributed by atoms with Crippen LogP contribution in [0.15, 0.2) is 42.9 Å². The van der Waals surface area contributed by atoms with E-state index in [-0.39, 0.29) is 0 Å². The maximum absolute atomic E-state index is 4.15. The zero-order valence-electron chi connectivity index (χ0n) is 12.4. The van der Waals surface area contributed by atoms with E-state index < -0.39 is 0 Å². The zero-order valence-corrected chi connectivity index (χ0v) is 12.4. The Morgan fingerprint density at radius 2 is 1.67 bits per heavy atom. The van der Waals surface area contributed by atoms with Gasteiger partial charge >= 0.3 is 0 Å². The van der Waals surface area contributed by atoms with Gasteiger partial charge in [-0.15, -0.1) is 0 Å². The summed E-state index contributed by atoms with van der Waals surface area (Å²) in [7, 11) is 2.04. The van der Waals surface area contributed by atoms with Crippen LogP contribution < -0.4 is 4.57 Å². The van der Waals surface area contributed by atoms with Crippen molar-refractivity contribution in [2.24, 2.45) is 7.05 Å². The molecule has 0 fully saturated rings. The average Bonchev–Trinajstić information content (AvgIpc) is 2.45. The highest BCUT2D eigenvalue weighted by Crippen LogP contribution is 2.17. The summed E-state index contributed by atoms with van der Waals surface area (Å²) >= 11 is 0. The van der Waals surface area contributed by atoms with Crippen molar-refractivity contribution in [1.82, 2.24) is 4.98 Å². The molecule has 0 spiro atoms. The molecular formula is C16H25N2+. The topological polar surface area (TPSA) is 16.8 Å². The van der Waals surface area contributed by atoms with Gasteiger partial charge in [0.15, 0.2) is 6.20 Å². The number of pyridine rings is 2. The first-order valence-electron chi connectivity index (χ1n) is 6.64. The van der Waals surface area contributed by atoms with Crippen molar-refractivity contribution in [2.45, 2.75) is 34.6 Å². The molecule has 0 aliphatic rings. The molecule has 0 bridgehead atoms. The van der Waals surface area contributed by atoms with Gasteiger partial charge in [-0.2, -0.15) is 0 Å². The Bertz CT molecular complexity index is 407. The van der Waals surface area contributed by atoms with Crippen LogP contribution >= 0.6 is 0 Å². The minimum absolute atomic E-state index is 1.19. The van der Waals surface area contributed by atoms with E-state index in [0.29, 0.717) is 0 Å². The summed E-state index contributed by atoms with van der Waals surface area (Å²) in [6.45, 7) is 10.1. The number of hydrogen-bond donors (Lipinski definition) is 0. The van der Waals surface area contributed by atoms with Gasteiger partial charge in [0.2, 0.25) is 5.69 Å². The van der Waals surface area contributed by atoms with Crippen molar-refractivity contribution in [3.63, 3.8) is 0 Å². The molecule has 18 heavy (non-hydrogen) atoms. The predicted molar refractivity (Wildman–Crippen MR) is 78.3 cm³/mol. The molecule has 0 atom stereocenters. The molecule has 0 amide bonds. The summed E-state index contributed by atoms with van der Waals surface area (Å²) < 4.78 is 2.10. The fourth-order valence-electron chi connectivity index (χ4n) is 1.54. The molecule has 0 aliphatic heterocycles. The molecule has 98 valence electrons. The third-order valence-electron chi connectivity index (χ3n) is 2.37. The standard InChI is InChI=1S/C12H13N2.2C2H6/c1-10-6-7-13-9-11(10)12-5-3-4-8-14(12)2;2*1-2/h3-9H,1-2H3;2*1-2H3/q+1;;. The van der Waals surface area contributed by atoms with E-state index in [4.69, 9.17) is 0 Å². The molecule has 2 heteroatoms. The predicted octanol–water partition coefficient (Wildman–Crippen LogP) is 3.93. The van der Waals surface area contributed by atoms with E-state index in [1.54, 1.807) is 0 Å². The molecule has 2 heterocycles. The monoisotopic (exact) mass is 245 g/mol. The van der Waals surface area contributed by atoms with Gasteiger partial charge in [0.25, 0.3) is 0 Å². The molecule has 2 aromatic rings. The highest BCUT2D eigenvalue weighted by Gasteiger charge is 2.10. The molecule has 0 unspecified atom stereocenters. The Kier molecular flexibility index (Phi) is 8.46. The second-order valence-electron chi connectivity index (χ2n) is 3.39. The van der Waals surface area contributed by atoms with Crippen LogP contribution in [0.5, 0.6) is 0 Å². The van der Waals surface area contributed by atoms with Crippen molar-refractivity contribution in [2.75, 3.05) is 0 Å². The highest BCUT2D eigenvalue weighted by atomic mass is 14.9. The smallest absolute Gasteiger partial charge is 0.214 e. The maximum atomic E-state index is 4.15. The number of aromatic nitrogens is 2. The molecule has 0 aliphatic carbocycles. The zero-order chi connectivity index (χ0) is 14.0. The molecule has 0 radical (unpaired) electrons. The molecule has 2 rings (SSSR count). The number of hydrogen-bond acceptors (Lipinski definition) is 1. The van der Waals surface area contributed by atoms with Crippen LogP contribution in [-0.2, 0) is 7.05 Å². The molecule has 2 nitrogen and oxygen atoms in total. The Morgan fingerprint density at radius 1 is 1.00 bits per heavy atom. The second-order valence-corrected chi connectivity index (χ2v) is 3.39. The van der Waals surface area contributed by atoms with Crippen molar-refractivity contribution in [3.05, 3.63) is 48.4 Å². The first-order valence-corrected chi connectivity index (χ1v) is 6.64. The van der Waals surface area contributed by atoms with Crippen LogP contribution in [0, 0.1) is 6.92 Å². The minimum atomic E-state index is 1.19. The normalized spacial score (nSPS) is 8.56. The maximum Gasteiger partial charge on any atom is 0.214 e. The van der Waals surface area contributed by atoms with E-state index >= 15 is 0 Å². The van der Waals surface area contributed by atoms with Crippen LogP contribution in [0.4, 0.5) is 0 Å². The summed E-state index contributed by atoms with van der Waals surface area (Å²) in [6.07, 6.45) is 5.77. The molecule has 2 aromatic heterocycles. The summed E-state index contributed by atoms with van der Waals surface area (Å²) in [5.41, 5.74) is 3.63. The lowest BCUT2D eigenvalue weighted by Crippen LogP contribution is -2.30. The fraction of sp³-hybridized carbons (Fsp3) is 0.375. The van der Waals surface area contributed by atoms with E-state index in [9.17, 15) is 0 Å². The van der Waals surface area contributed by atoms with E-state index in [1.165, 1.54) is 16.8 Å². The third kappa shape index (κ3) is 4.28. The van der Waals surface area contributed by atoms with Crippen molar-refractivity contribution >= 4 is 0 Å². The van der Waals surface area contributed by atoms with Gasteiger partial charge in [-0.05, 0) is 24.6 Å². The largest absolute Gasteiger partial charge is 0.264 e. The van der Waals surface area contributed by atoms with Crippen molar-refractivity contribution in [3.8, 4) is 11.3 Å². The van der Waals surface area contributed by atoms with Gasteiger partial charge in [0, 0.05) is 24.5 Å². The molecule has 0 saturated carbocycles. The van der Waals surface area contributed by atoms with Gasteiger partial charge in [0.1, 0.15) is 7.05 Å². The van der Waals surface area contributed by atoms with E-state index in [0.717, 1.165) is 0 Å². The van der Waals surface area contributed by atoms with Crippen molar-refractivity contribution < 1.29 is 4.57 Å². The minimum Gasteiger partial charge on any atom is -0.264 e. The van der Waals surface area contributed by atoms with Gasteiger partial charge in [0.05, 0.1) is 5.56 Å². The average molecular weight is 245 g/mol. The Labute approximate surface area is 111 Å². The molecule has 0 saturated heterocycles. The van der Waals surface area contributed by atoms with Crippen LogP contribution in [0.1, 0.15) is 33.3 Å². The second kappa shape index (κ2) is 9.34. The number of nitrogens with zero attached hydrogens (tertiary/aromatic N) is 2. The van der Waals surface area contributed by atoms with Gasteiger partial charge in [-0.25, -0.2) is 4.57 Å². The lowest BCUT2D eigenvalue weighted by molar-refractivity contribution is -0.660. The molecular weight excluding hydrogens is 220 g/mol. The summed E-state index contributed by atoms with van der Waals surface area (Å²) in [4.78, 5) is 4.15. The Morgan fingerprint density at radius 3 is 2.22 bits per heavy atom. The summed E-state index contributed by atoms with van der Waals surface area (Å²) in [5.74, 6) is 0. The third-order valence-corrected chi connectivity index (χ3v) is 2.37. The van der Waals surface area contributed by atoms with Crippen LogP contribution in [0.2, 0.25) is 0 Å². The van der Waals surface area contributed by atoms with Gasteiger partial charge in [-0.1, -0.05) is 27.7 Å². The lowest BCUT2D eigenvalue weighted by atomic mass is 10.1. The SMILES string of the molecule is CC.CC.Cc1ccncc1-c1cccc[n+]1C. The highest BCUT2D eigenvalue weighted by molar-refractivity contribution is 5.58. The van der Waals surface area contributed by atoms with Crippen LogP contribution in [-0.4, -0.2) is 4.98 Å². The summed E-state index contributed by atoms with van der Waals surface area (Å²) in [5, 5.41) is 0. The van der Waals surface area contributed by atoms with Crippen LogP contribution in [0.3, 0.4) is 0 Å². The van der Waals surface area contributed by atoms with Gasteiger partial charge in [-0.3, -0.25) is 4.98 Å². The van der Waals surface area contributed by atoms with Crippen molar-refractivity contribution in [1.29, 1.82) is 0 Å². The van der Waals surface area contributed by atoms with E-state index in [2.05, 4.69) is 22.5 Å². The Hall–Kier alpha value is -1.70. The first-order chi connectivity index (χ1) is 8.79. The van der Waals surface area contributed by atoms with Crippen LogP contribution in [0.25, 0.3) is 11.3 Å². The molecule has 0 aromatic carbocycles. The Balaban J connectivity index is 0.000000659. The van der Waals surface area contributed by atoms with E-state index in [1.807, 2.05) is 71.5 Å².